The normalized spacial score (nSPS) is 25.5. The van der Waals surface area contributed by atoms with E-state index in [2.05, 4.69) is 29.4 Å². The first kappa shape index (κ1) is 16.7. The van der Waals surface area contributed by atoms with Gasteiger partial charge in [-0.25, -0.2) is 0 Å². The third kappa shape index (κ3) is 3.94. The van der Waals surface area contributed by atoms with Gasteiger partial charge in [0.05, 0.1) is 13.2 Å². The van der Waals surface area contributed by atoms with Crippen molar-refractivity contribution in [3.05, 3.63) is 0 Å². The minimum absolute atomic E-state index is 0.0255. The van der Waals surface area contributed by atoms with Gasteiger partial charge < -0.3 is 20.1 Å². The minimum atomic E-state index is -0.647. The van der Waals surface area contributed by atoms with Crippen LogP contribution in [0.25, 0.3) is 0 Å². The van der Waals surface area contributed by atoms with Crippen LogP contribution in [-0.4, -0.2) is 75.0 Å². The molecule has 0 aromatic heterocycles. The summed E-state index contributed by atoms with van der Waals surface area (Å²) in [6.45, 7) is 9.95. The Bertz CT molecular complexity index is 354. The van der Waals surface area contributed by atoms with Crippen molar-refractivity contribution in [1.82, 2.24) is 15.5 Å². The van der Waals surface area contributed by atoms with Crippen LogP contribution in [0.15, 0.2) is 0 Å². The second-order valence-electron chi connectivity index (χ2n) is 6.56. The summed E-state index contributed by atoms with van der Waals surface area (Å²) in [5.41, 5.74) is -0.609. The molecule has 1 amide bonds. The lowest BCUT2D eigenvalue weighted by molar-refractivity contribution is -0.146. The lowest BCUT2D eigenvalue weighted by atomic mass is 9.91. The van der Waals surface area contributed by atoms with Crippen molar-refractivity contribution in [3.8, 4) is 0 Å². The Morgan fingerprint density at radius 3 is 2.71 bits per heavy atom. The molecule has 0 radical (unpaired) electrons. The number of nitrogens with zero attached hydrogens (tertiary/aromatic N) is 1. The van der Waals surface area contributed by atoms with E-state index in [0.717, 1.165) is 52.2 Å². The maximum Gasteiger partial charge on any atom is 0.252 e. The predicted octanol–water partition coefficient (Wildman–Crippen LogP) is -0.0180. The first-order chi connectivity index (χ1) is 10.0. The zero-order valence-corrected chi connectivity index (χ0v) is 13.5. The van der Waals surface area contributed by atoms with Gasteiger partial charge in [0.1, 0.15) is 5.60 Å². The minimum Gasteiger partial charge on any atom is -0.378 e. The van der Waals surface area contributed by atoms with Crippen molar-refractivity contribution in [2.75, 3.05) is 53.0 Å². The van der Waals surface area contributed by atoms with Gasteiger partial charge in [0.2, 0.25) is 0 Å². The van der Waals surface area contributed by atoms with Crippen molar-refractivity contribution in [3.63, 3.8) is 0 Å². The number of piperidine rings is 1. The second kappa shape index (κ2) is 7.05. The molecule has 2 N–H and O–H groups in total. The Labute approximate surface area is 127 Å². The molecule has 0 spiro atoms. The molecule has 21 heavy (non-hydrogen) atoms. The zero-order valence-electron chi connectivity index (χ0n) is 13.5. The molecule has 0 aliphatic carbocycles. The summed E-state index contributed by atoms with van der Waals surface area (Å²) in [6, 6.07) is 0. The first-order valence-corrected chi connectivity index (χ1v) is 7.87. The standard InChI is InChI=1S/C15H29N3O3/c1-14(2)12-21-11-10-18(14)9-8-17-13(19)15(20-3)4-6-16-7-5-15/h16H,4-12H2,1-3H3,(H,17,19). The van der Waals surface area contributed by atoms with E-state index < -0.39 is 5.60 Å². The van der Waals surface area contributed by atoms with E-state index in [0.29, 0.717) is 6.54 Å². The van der Waals surface area contributed by atoms with Crippen LogP contribution < -0.4 is 10.6 Å². The van der Waals surface area contributed by atoms with Crippen LogP contribution in [0.1, 0.15) is 26.7 Å². The van der Waals surface area contributed by atoms with Gasteiger partial charge in [-0.05, 0) is 39.8 Å². The Morgan fingerprint density at radius 1 is 1.38 bits per heavy atom. The molecule has 6 heteroatoms. The van der Waals surface area contributed by atoms with Gasteiger partial charge in [-0.15, -0.1) is 0 Å². The number of hydrogen-bond acceptors (Lipinski definition) is 5. The molecule has 2 aliphatic rings. The molecule has 2 aliphatic heterocycles. The molecule has 2 heterocycles. The fraction of sp³-hybridized carbons (Fsp3) is 0.933. The fourth-order valence-corrected chi connectivity index (χ4v) is 3.13. The van der Waals surface area contributed by atoms with Gasteiger partial charge in [-0.1, -0.05) is 0 Å². The van der Waals surface area contributed by atoms with Crippen molar-refractivity contribution in [2.45, 2.75) is 37.8 Å². The molecular formula is C15H29N3O3. The molecule has 0 aromatic carbocycles. The van der Waals surface area contributed by atoms with Gasteiger partial charge >= 0.3 is 0 Å². The van der Waals surface area contributed by atoms with Crippen molar-refractivity contribution in [1.29, 1.82) is 0 Å². The molecule has 0 bridgehead atoms. The highest BCUT2D eigenvalue weighted by Gasteiger charge is 2.39. The SMILES string of the molecule is COC1(C(=O)NCCN2CCOCC2(C)C)CCNCC1. The smallest absolute Gasteiger partial charge is 0.252 e. The highest BCUT2D eigenvalue weighted by atomic mass is 16.5. The van der Waals surface area contributed by atoms with Gasteiger partial charge in [-0.3, -0.25) is 9.69 Å². The zero-order chi connectivity index (χ0) is 15.3. The molecule has 2 saturated heterocycles. The number of carbonyl (C=O) groups is 1. The van der Waals surface area contributed by atoms with Crippen LogP contribution >= 0.6 is 0 Å². The van der Waals surface area contributed by atoms with E-state index >= 15 is 0 Å². The van der Waals surface area contributed by atoms with Gasteiger partial charge in [0.15, 0.2) is 0 Å². The summed E-state index contributed by atoms with van der Waals surface area (Å²) in [5.74, 6) is 0.0255. The fourth-order valence-electron chi connectivity index (χ4n) is 3.13. The molecule has 122 valence electrons. The summed E-state index contributed by atoms with van der Waals surface area (Å²) >= 11 is 0. The number of carbonyl (C=O) groups excluding carboxylic acids is 1. The number of morpholine rings is 1. The van der Waals surface area contributed by atoms with Crippen molar-refractivity contribution in [2.24, 2.45) is 0 Å². The molecular weight excluding hydrogens is 270 g/mol. The van der Waals surface area contributed by atoms with Crippen molar-refractivity contribution >= 4 is 5.91 Å². The van der Waals surface area contributed by atoms with E-state index in [1.807, 2.05) is 0 Å². The maximum absolute atomic E-state index is 12.4. The van der Waals surface area contributed by atoms with E-state index in [-0.39, 0.29) is 11.4 Å². The van der Waals surface area contributed by atoms with E-state index in [9.17, 15) is 4.79 Å². The molecule has 0 saturated carbocycles. The lowest BCUT2D eigenvalue weighted by Crippen LogP contribution is -2.57. The summed E-state index contributed by atoms with van der Waals surface area (Å²) in [7, 11) is 1.63. The first-order valence-electron chi connectivity index (χ1n) is 7.87. The topological polar surface area (TPSA) is 62.8 Å². The Kier molecular flexibility index (Phi) is 5.60. The third-order valence-electron chi connectivity index (χ3n) is 4.70. The van der Waals surface area contributed by atoms with Crippen LogP contribution in [-0.2, 0) is 14.3 Å². The van der Waals surface area contributed by atoms with E-state index in [4.69, 9.17) is 9.47 Å². The van der Waals surface area contributed by atoms with Crippen LogP contribution in [0.2, 0.25) is 0 Å². The number of methoxy groups -OCH3 is 1. The monoisotopic (exact) mass is 299 g/mol. The number of rotatable bonds is 5. The average Bonchev–Trinajstić information content (AvgIpc) is 2.49. The summed E-state index contributed by atoms with van der Waals surface area (Å²) in [5, 5.41) is 6.32. The highest BCUT2D eigenvalue weighted by Crippen LogP contribution is 2.22. The quantitative estimate of drug-likeness (QED) is 0.747. The summed E-state index contributed by atoms with van der Waals surface area (Å²) < 4.78 is 11.1. The van der Waals surface area contributed by atoms with Crippen molar-refractivity contribution < 1.29 is 14.3 Å². The van der Waals surface area contributed by atoms with Crippen LogP contribution in [0.5, 0.6) is 0 Å². The van der Waals surface area contributed by atoms with E-state index in [1.54, 1.807) is 7.11 Å². The predicted molar refractivity (Wildman–Crippen MR) is 81.3 cm³/mol. The average molecular weight is 299 g/mol. The van der Waals surface area contributed by atoms with E-state index in [1.165, 1.54) is 0 Å². The summed E-state index contributed by atoms with van der Waals surface area (Å²) in [6.07, 6.45) is 1.47. The maximum atomic E-state index is 12.4. The van der Waals surface area contributed by atoms with Gasteiger partial charge in [0, 0.05) is 32.3 Å². The molecule has 2 rings (SSSR count). The lowest BCUT2D eigenvalue weighted by Gasteiger charge is -2.42. The number of ether oxygens (including phenoxy) is 2. The number of hydrogen-bond donors (Lipinski definition) is 2. The Hall–Kier alpha value is -0.690. The molecule has 2 fully saturated rings. The molecule has 0 unspecified atom stereocenters. The van der Waals surface area contributed by atoms with Crippen LogP contribution in [0.3, 0.4) is 0 Å². The third-order valence-corrected chi connectivity index (χ3v) is 4.70. The summed E-state index contributed by atoms with van der Waals surface area (Å²) in [4.78, 5) is 14.8. The van der Waals surface area contributed by atoms with Crippen LogP contribution in [0.4, 0.5) is 0 Å². The van der Waals surface area contributed by atoms with Crippen LogP contribution in [0, 0.1) is 0 Å². The highest BCUT2D eigenvalue weighted by molar-refractivity contribution is 5.85. The largest absolute Gasteiger partial charge is 0.378 e. The van der Waals surface area contributed by atoms with Gasteiger partial charge in [0.25, 0.3) is 5.91 Å². The molecule has 6 nitrogen and oxygen atoms in total. The second-order valence-corrected chi connectivity index (χ2v) is 6.56. The number of amides is 1. The number of nitrogens with one attached hydrogen (secondary N) is 2. The molecule has 0 aromatic rings. The van der Waals surface area contributed by atoms with Gasteiger partial charge in [-0.2, -0.15) is 0 Å². The Balaban J connectivity index is 1.80. The molecule has 0 atom stereocenters. The Morgan fingerprint density at radius 2 is 2.10 bits per heavy atom.